The van der Waals surface area contributed by atoms with Crippen LogP contribution in [0.3, 0.4) is 0 Å². The molecular weight excluding hydrogens is 396 g/mol. The van der Waals surface area contributed by atoms with E-state index in [9.17, 15) is 35.7 Å². The Morgan fingerprint density at radius 3 is 2.20 bits per heavy atom. The molecule has 0 bridgehead atoms. The zero-order chi connectivity index (χ0) is 22.6. The van der Waals surface area contributed by atoms with Gasteiger partial charge in [-0.3, -0.25) is 0 Å². The fourth-order valence-electron chi connectivity index (χ4n) is 6.01. The molecule has 0 radical (unpaired) electrons. The van der Waals surface area contributed by atoms with Gasteiger partial charge in [-0.05, 0) is 46.5 Å². The maximum Gasteiger partial charge on any atom is 0.186 e. The number of aliphatic hydroxyl groups excluding tert-OH is 5. The van der Waals surface area contributed by atoms with Crippen LogP contribution in [0.2, 0.25) is 0 Å². The molecule has 9 nitrogen and oxygen atoms in total. The van der Waals surface area contributed by atoms with Crippen LogP contribution in [0.5, 0.6) is 0 Å². The second-order valence-electron chi connectivity index (χ2n) is 10.5. The molecule has 3 aliphatic rings. The number of fused-ring (bicyclic) bond motifs is 1. The molecule has 0 aromatic heterocycles. The standard InChI is InChI=1S/C21H38O9/c1-19(2,27)10-5-7-20(3)12(23)6-8-21(4,28)17(20)16(10)30-18-15(26)14(25)13(24)11(9-22)29-18/h10-18,22-28H,5-9H2,1-4H3/t10-,11-,12+,13-,14+,15-,16-,17-,18+,20-,21-/m1/s1. The van der Waals surface area contributed by atoms with Crippen LogP contribution >= 0.6 is 0 Å². The highest BCUT2D eigenvalue weighted by molar-refractivity contribution is 5.11. The molecule has 30 heavy (non-hydrogen) atoms. The van der Waals surface area contributed by atoms with Crippen molar-refractivity contribution in [3.8, 4) is 0 Å². The van der Waals surface area contributed by atoms with Crippen molar-refractivity contribution in [3.05, 3.63) is 0 Å². The zero-order valence-corrected chi connectivity index (χ0v) is 18.2. The maximum absolute atomic E-state index is 11.3. The third-order valence-electron chi connectivity index (χ3n) is 7.83. The van der Waals surface area contributed by atoms with Gasteiger partial charge in [0.1, 0.15) is 24.4 Å². The highest BCUT2D eigenvalue weighted by atomic mass is 16.7. The third-order valence-corrected chi connectivity index (χ3v) is 7.83. The van der Waals surface area contributed by atoms with Gasteiger partial charge in [0, 0.05) is 17.3 Å². The number of rotatable bonds is 4. The lowest BCUT2D eigenvalue weighted by atomic mass is 9.50. The Bertz CT molecular complexity index is 604. The summed E-state index contributed by atoms with van der Waals surface area (Å²) in [6.07, 6.45) is -6.77. The van der Waals surface area contributed by atoms with Gasteiger partial charge in [-0.25, -0.2) is 0 Å². The van der Waals surface area contributed by atoms with Crippen molar-refractivity contribution in [1.82, 2.24) is 0 Å². The van der Waals surface area contributed by atoms with Gasteiger partial charge in [-0.1, -0.05) is 6.92 Å². The first kappa shape index (κ1) is 24.3. The van der Waals surface area contributed by atoms with Crippen LogP contribution < -0.4 is 0 Å². The molecule has 0 aromatic carbocycles. The molecule has 3 rings (SSSR count). The van der Waals surface area contributed by atoms with Gasteiger partial charge in [0.2, 0.25) is 0 Å². The predicted molar refractivity (Wildman–Crippen MR) is 105 cm³/mol. The average Bonchev–Trinajstić information content (AvgIpc) is 2.64. The molecule has 0 spiro atoms. The largest absolute Gasteiger partial charge is 0.394 e. The van der Waals surface area contributed by atoms with E-state index in [-0.39, 0.29) is 0 Å². The Balaban J connectivity index is 1.98. The Hall–Kier alpha value is -0.360. The topological polar surface area (TPSA) is 160 Å². The molecule has 1 heterocycles. The minimum atomic E-state index is -1.59. The van der Waals surface area contributed by atoms with Crippen molar-refractivity contribution in [1.29, 1.82) is 0 Å². The van der Waals surface area contributed by atoms with E-state index in [4.69, 9.17) is 9.47 Å². The lowest BCUT2D eigenvalue weighted by Gasteiger charge is -2.61. The second-order valence-corrected chi connectivity index (χ2v) is 10.5. The highest BCUT2D eigenvalue weighted by Gasteiger charge is 2.62. The van der Waals surface area contributed by atoms with Crippen LogP contribution in [0.1, 0.15) is 53.4 Å². The van der Waals surface area contributed by atoms with Gasteiger partial charge >= 0.3 is 0 Å². The minimum Gasteiger partial charge on any atom is -0.394 e. The molecule has 9 heteroatoms. The van der Waals surface area contributed by atoms with Crippen LogP contribution in [0.25, 0.3) is 0 Å². The predicted octanol–water partition coefficient (Wildman–Crippen LogP) is -1.12. The van der Waals surface area contributed by atoms with Crippen LogP contribution in [0, 0.1) is 17.3 Å². The molecule has 11 atom stereocenters. The molecule has 0 aromatic rings. The molecule has 1 saturated heterocycles. The number of aliphatic hydroxyl groups is 7. The third kappa shape index (κ3) is 4.04. The summed E-state index contributed by atoms with van der Waals surface area (Å²) in [4.78, 5) is 0. The van der Waals surface area contributed by atoms with Crippen molar-refractivity contribution in [2.75, 3.05) is 6.61 Å². The Morgan fingerprint density at radius 1 is 1.00 bits per heavy atom. The van der Waals surface area contributed by atoms with Crippen molar-refractivity contribution < 1.29 is 45.2 Å². The summed E-state index contributed by atoms with van der Waals surface area (Å²) in [5.74, 6) is -1.02. The maximum atomic E-state index is 11.3. The van der Waals surface area contributed by atoms with Crippen LogP contribution in [0.4, 0.5) is 0 Å². The minimum absolute atomic E-state index is 0.349. The SMILES string of the molecule is CC(C)(O)[C@@H]1CC[C@@]2(C)[C@@H]([C@@H]1O[C@@H]1O[C@H](CO)[C@@H](O)[C@H](O)[C@H]1O)[C@](C)(O)CC[C@@H]2O. The van der Waals surface area contributed by atoms with Crippen LogP contribution in [0.15, 0.2) is 0 Å². The molecule has 2 saturated carbocycles. The first-order chi connectivity index (χ1) is 13.7. The fraction of sp³-hybridized carbons (Fsp3) is 1.00. The van der Waals surface area contributed by atoms with Crippen LogP contribution in [-0.2, 0) is 9.47 Å². The van der Waals surface area contributed by atoms with Crippen molar-refractivity contribution in [2.24, 2.45) is 17.3 Å². The molecule has 0 amide bonds. The van der Waals surface area contributed by atoms with E-state index in [2.05, 4.69) is 0 Å². The molecule has 0 unspecified atom stereocenters. The summed E-state index contributed by atoms with van der Waals surface area (Å²) in [7, 11) is 0. The van der Waals surface area contributed by atoms with E-state index >= 15 is 0 Å². The molecule has 176 valence electrons. The zero-order valence-electron chi connectivity index (χ0n) is 18.2. The number of ether oxygens (including phenoxy) is 2. The fourth-order valence-corrected chi connectivity index (χ4v) is 6.01. The summed E-state index contributed by atoms with van der Waals surface area (Å²) in [5, 5.41) is 73.1. The van der Waals surface area contributed by atoms with Gasteiger partial charge < -0.3 is 45.2 Å². The molecule has 7 N–H and O–H groups in total. The van der Waals surface area contributed by atoms with E-state index < -0.39 is 78.0 Å². The summed E-state index contributed by atoms with van der Waals surface area (Å²) in [6.45, 7) is 6.32. The first-order valence-corrected chi connectivity index (χ1v) is 10.8. The van der Waals surface area contributed by atoms with E-state index in [0.717, 1.165) is 0 Å². The van der Waals surface area contributed by atoms with E-state index in [1.807, 2.05) is 6.92 Å². The van der Waals surface area contributed by atoms with Gasteiger partial charge in [-0.15, -0.1) is 0 Å². The van der Waals surface area contributed by atoms with Crippen molar-refractivity contribution >= 4 is 0 Å². The van der Waals surface area contributed by atoms with E-state index in [0.29, 0.717) is 25.7 Å². The van der Waals surface area contributed by atoms with Crippen LogP contribution in [-0.4, -0.2) is 96.5 Å². The van der Waals surface area contributed by atoms with E-state index in [1.54, 1.807) is 20.8 Å². The van der Waals surface area contributed by atoms with E-state index in [1.165, 1.54) is 0 Å². The summed E-state index contributed by atoms with van der Waals surface area (Å²) < 4.78 is 11.7. The molecule has 1 aliphatic heterocycles. The highest BCUT2D eigenvalue weighted by Crippen LogP contribution is 2.58. The number of hydrogen-bond acceptors (Lipinski definition) is 9. The van der Waals surface area contributed by atoms with Gasteiger partial charge in [0.15, 0.2) is 6.29 Å². The first-order valence-electron chi connectivity index (χ1n) is 10.8. The molecular formula is C21H38O9. The molecule has 2 aliphatic carbocycles. The van der Waals surface area contributed by atoms with Gasteiger partial charge in [0.05, 0.1) is 30.0 Å². The second kappa shape index (κ2) is 8.20. The Labute approximate surface area is 177 Å². The quantitative estimate of drug-likeness (QED) is 0.291. The Morgan fingerprint density at radius 2 is 1.63 bits per heavy atom. The smallest absolute Gasteiger partial charge is 0.186 e. The monoisotopic (exact) mass is 434 g/mol. The van der Waals surface area contributed by atoms with Gasteiger partial charge in [-0.2, -0.15) is 0 Å². The normalized spacial score (nSPS) is 52.7. The van der Waals surface area contributed by atoms with Crippen molar-refractivity contribution in [3.63, 3.8) is 0 Å². The Kier molecular flexibility index (Phi) is 6.64. The van der Waals surface area contributed by atoms with Crippen molar-refractivity contribution in [2.45, 2.75) is 107 Å². The van der Waals surface area contributed by atoms with Gasteiger partial charge in [0.25, 0.3) is 0 Å². The molecule has 3 fully saturated rings. The summed E-state index contributed by atoms with van der Waals surface area (Å²) in [6, 6.07) is 0. The average molecular weight is 435 g/mol. The lowest BCUT2D eigenvalue weighted by molar-refractivity contribution is -0.342. The summed E-state index contributed by atoms with van der Waals surface area (Å²) >= 11 is 0. The lowest BCUT2D eigenvalue weighted by Crippen LogP contribution is -2.67. The summed E-state index contributed by atoms with van der Waals surface area (Å²) in [5.41, 5.74) is -3.06. The number of hydrogen-bond donors (Lipinski definition) is 7.